The molecule has 1 saturated carbocycles. The van der Waals surface area contributed by atoms with E-state index < -0.39 is 0 Å². The van der Waals surface area contributed by atoms with Crippen molar-refractivity contribution in [3.8, 4) is 11.8 Å². The molecule has 208 valence electrons. The summed E-state index contributed by atoms with van der Waals surface area (Å²) in [6, 6.07) is 8.56. The number of amides is 2. The summed E-state index contributed by atoms with van der Waals surface area (Å²) in [5, 5.41) is 14.1. The molecule has 2 heterocycles. The van der Waals surface area contributed by atoms with Crippen LogP contribution in [-0.2, 0) is 0 Å². The highest BCUT2D eigenvalue weighted by Crippen LogP contribution is 2.39. The molecule has 3 aliphatic rings. The van der Waals surface area contributed by atoms with Crippen LogP contribution >= 0.6 is 11.8 Å². The number of piperidine rings is 1. The summed E-state index contributed by atoms with van der Waals surface area (Å²) in [7, 11) is 4.22. The second-order valence-electron chi connectivity index (χ2n) is 11.0. The van der Waals surface area contributed by atoms with Crippen molar-refractivity contribution in [2.75, 3.05) is 33.7 Å². The van der Waals surface area contributed by atoms with Crippen LogP contribution in [0.15, 0.2) is 58.6 Å². The molecule has 2 fully saturated rings. The van der Waals surface area contributed by atoms with E-state index >= 15 is 0 Å². The minimum Gasteiger partial charge on any atom is -0.490 e. The Morgan fingerprint density at radius 1 is 1.31 bits per heavy atom. The van der Waals surface area contributed by atoms with Crippen LogP contribution in [0, 0.1) is 11.3 Å². The molecule has 1 aromatic carbocycles. The lowest BCUT2D eigenvalue weighted by atomic mass is 9.99. The molecule has 0 spiro atoms. The van der Waals surface area contributed by atoms with E-state index in [0.29, 0.717) is 23.9 Å². The fourth-order valence-corrected chi connectivity index (χ4v) is 6.75. The topological polar surface area (TPSA) is 81.0 Å². The Hall–Kier alpha value is -3.02. The Kier molecular flexibility index (Phi) is 9.58. The van der Waals surface area contributed by atoms with E-state index in [1.807, 2.05) is 43.0 Å². The van der Waals surface area contributed by atoms with E-state index in [2.05, 4.69) is 50.0 Å². The first-order valence-corrected chi connectivity index (χ1v) is 14.8. The zero-order valence-electron chi connectivity index (χ0n) is 23.9. The largest absolute Gasteiger partial charge is 0.490 e. The first kappa shape index (κ1) is 29.0. The standard InChI is InChI=1S/C31H41N5O2S/c1-7-8-26-25(10-11-27(26)34-31(37)36-15-13-24(14-16-36)35(5)6)21(4)29-19-33-30(39-29)22-9-12-28(38-20(2)3)23(17-22)18-32/h7-9,12,17,20,24,27,29H,1,10-11,13-16,19H2,2-6H3,(H,34,37)/b25-21+,26-8+/t27-,29?/m0/s1. The maximum atomic E-state index is 13.1. The number of carbonyl (C=O) groups is 1. The summed E-state index contributed by atoms with van der Waals surface area (Å²) in [6.07, 6.45) is 7.72. The Balaban J connectivity index is 1.43. The van der Waals surface area contributed by atoms with E-state index in [4.69, 9.17) is 9.73 Å². The van der Waals surface area contributed by atoms with Crippen LogP contribution in [0.4, 0.5) is 4.79 Å². The lowest BCUT2D eigenvalue weighted by Crippen LogP contribution is -2.50. The van der Waals surface area contributed by atoms with E-state index in [-0.39, 0.29) is 23.4 Å². The molecule has 8 heteroatoms. The molecule has 0 aromatic heterocycles. The van der Waals surface area contributed by atoms with Crippen molar-refractivity contribution >= 4 is 22.8 Å². The minimum absolute atomic E-state index is 0.00734. The fraction of sp³-hybridized carbons (Fsp3) is 0.516. The number of ether oxygens (including phenoxy) is 1. The van der Waals surface area contributed by atoms with Gasteiger partial charge in [-0.05, 0) is 89.9 Å². The maximum Gasteiger partial charge on any atom is 0.317 e. The highest BCUT2D eigenvalue weighted by Gasteiger charge is 2.33. The van der Waals surface area contributed by atoms with Gasteiger partial charge < -0.3 is 19.9 Å². The molecule has 39 heavy (non-hydrogen) atoms. The molecular formula is C31H41N5O2S. The van der Waals surface area contributed by atoms with Gasteiger partial charge in [0.1, 0.15) is 11.8 Å². The molecule has 1 saturated heterocycles. The van der Waals surface area contributed by atoms with Gasteiger partial charge in [0.25, 0.3) is 0 Å². The maximum absolute atomic E-state index is 13.1. The highest BCUT2D eigenvalue weighted by atomic mass is 32.2. The zero-order valence-corrected chi connectivity index (χ0v) is 24.7. The lowest BCUT2D eigenvalue weighted by molar-refractivity contribution is 0.147. The average molecular weight is 548 g/mol. The number of rotatable bonds is 7. The number of carbonyl (C=O) groups excluding carboxylic acids is 1. The molecule has 7 nitrogen and oxygen atoms in total. The van der Waals surface area contributed by atoms with Crippen molar-refractivity contribution in [2.24, 2.45) is 4.99 Å². The summed E-state index contributed by atoms with van der Waals surface area (Å²) < 4.78 is 5.78. The molecular weight excluding hydrogens is 506 g/mol. The van der Waals surface area contributed by atoms with Crippen molar-refractivity contribution in [1.29, 1.82) is 5.26 Å². The molecule has 0 bridgehead atoms. The van der Waals surface area contributed by atoms with Crippen LogP contribution in [-0.4, -0.2) is 78.0 Å². The molecule has 1 aromatic rings. The van der Waals surface area contributed by atoms with Gasteiger partial charge in [0.05, 0.1) is 34.5 Å². The van der Waals surface area contributed by atoms with Gasteiger partial charge in [-0.2, -0.15) is 5.26 Å². The minimum atomic E-state index is -0.00879. The Bertz CT molecular complexity index is 1220. The number of nitrogens with one attached hydrogen (secondary N) is 1. The van der Waals surface area contributed by atoms with Gasteiger partial charge in [0.2, 0.25) is 0 Å². The van der Waals surface area contributed by atoms with E-state index in [0.717, 1.165) is 55.0 Å². The van der Waals surface area contributed by atoms with Crippen LogP contribution in [0.3, 0.4) is 0 Å². The number of thioether (sulfide) groups is 1. The van der Waals surface area contributed by atoms with Crippen LogP contribution in [0.2, 0.25) is 0 Å². The van der Waals surface area contributed by atoms with Gasteiger partial charge in [-0.15, -0.1) is 0 Å². The Morgan fingerprint density at radius 3 is 2.69 bits per heavy atom. The summed E-state index contributed by atoms with van der Waals surface area (Å²) in [4.78, 5) is 22.2. The lowest BCUT2D eigenvalue weighted by Gasteiger charge is -2.35. The Morgan fingerprint density at radius 2 is 2.05 bits per heavy atom. The second kappa shape index (κ2) is 12.9. The predicted octanol–water partition coefficient (Wildman–Crippen LogP) is 5.53. The number of urea groups is 1. The molecule has 2 amide bonds. The van der Waals surface area contributed by atoms with E-state index in [1.165, 1.54) is 11.1 Å². The molecule has 0 radical (unpaired) electrons. The molecule has 4 rings (SSSR count). The normalized spacial score (nSPS) is 24.2. The van der Waals surface area contributed by atoms with Crippen molar-refractivity contribution < 1.29 is 9.53 Å². The molecule has 2 atom stereocenters. The van der Waals surface area contributed by atoms with Crippen LogP contribution in [0.1, 0.15) is 57.6 Å². The number of hydrogen-bond acceptors (Lipinski definition) is 6. The number of allylic oxidation sites excluding steroid dienone is 2. The monoisotopic (exact) mass is 547 g/mol. The fourth-order valence-electron chi connectivity index (χ4n) is 5.60. The zero-order chi connectivity index (χ0) is 28.1. The molecule has 1 aliphatic carbocycles. The summed E-state index contributed by atoms with van der Waals surface area (Å²) in [6.45, 7) is 12.3. The first-order chi connectivity index (χ1) is 18.7. The third-order valence-electron chi connectivity index (χ3n) is 7.81. The van der Waals surface area contributed by atoms with Crippen molar-refractivity contribution in [3.05, 3.63) is 64.8 Å². The first-order valence-electron chi connectivity index (χ1n) is 13.9. The van der Waals surface area contributed by atoms with Crippen LogP contribution in [0.5, 0.6) is 5.75 Å². The summed E-state index contributed by atoms with van der Waals surface area (Å²) >= 11 is 1.75. The predicted molar refractivity (Wildman–Crippen MR) is 161 cm³/mol. The van der Waals surface area contributed by atoms with Gasteiger partial charge in [0.15, 0.2) is 0 Å². The third-order valence-corrected chi connectivity index (χ3v) is 9.18. The second-order valence-corrected chi connectivity index (χ2v) is 12.2. The van der Waals surface area contributed by atoms with E-state index in [1.54, 1.807) is 11.8 Å². The highest BCUT2D eigenvalue weighted by molar-refractivity contribution is 8.15. The van der Waals surface area contributed by atoms with Gasteiger partial charge in [0, 0.05) is 24.7 Å². The number of nitriles is 1. The number of aliphatic imine (C=N–C) groups is 1. The third kappa shape index (κ3) is 6.77. The van der Waals surface area contributed by atoms with Crippen LogP contribution in [0.25, 0.3) is 0 Å². The average Bonchev–Trinajstić information content (AvgIpc) is 3.56. The van der Waals surface area contributed by atoms with Crippen molar-refractivity contribution in [3.63, 3.8) is 0 Å². The number of likely N-dealkylation sites (tertiary alicyclic amines) is 1. The van der Waals surface area contributed by atoms with Crippen molar-refractivity contribution in [1.82, 2.24) is 15.1 Å². The molecule has 1 N–H and O–H groups in total. The molecule has 1 unspecified atom stereocenters. The van der Waals surface area contributed by atoms with Gasteiger partial charge in [-0.3, -0.25) is 4.99 Å². The smallest absolute Gasteiger partial charge is 0.317 e. The van der Waals surface area contributed by atoms with Gasteiger partial charge in [-0.25, -0.2) is 4.79 Å². The number of benzene rings is 1. The SMILES string of the molecule is C=C/C=C1\C(=C(/C)C2CN=C(c3ccc(OC(C)C)c(C#N)c3)S2)CC[C@@H]1NC(=O)N1CCC(N(C)C)CC1. The van der Waals surface area contributed by atoms with Gasteiger partial charge in [-0.1, -0.05) is 36.1 Å². The summed E-state index contributed by atoms with van der Waals surface area (Å²) in [5.41, 5.74) is 5.24. The van der Waals surface area contributed by atoms with Crippen LogP contribution < -0.4 is 10.1 Å². The Labute approximate surface area is 237 Å². The number of hydrogen-bond donors (Lipinski definition) is 1. The molecule has 2 aliphatic heterocycles. The van der Waals surface area contributed by atoms with Gasteiger partial charge >= 0.3 is 6.03 Å². The number of nitrogens with zero attached hydrogens (tertiary/aromatic N) is 4. The van der Waals surface area contributed by atoms with E-state index in [9.17, 15) is 10.1 Å². The van der Waals surface area contributed by atoms with Crippen molar-refractivity contribution in [2.45, 2.75) is 69.9 Å². The summed E-state index contributed by atoms with van der Waals surface area (Å²) in [5.74, 6) is 0.606. The quantitative estimate of drug-likeness (QED) is 0.485.